The summed E-state index contributed by atoms with van der Waals surface area (Å²) >= 11 is 0. The third kappa shape index (κ3) is 5.61. The van der Waals surface area contributed by atoms with E-state index in [1.807, 2.05) is 0 Å². The molecule has 0 aliphatic rings. The van der Waals surface area contributed by atoms with Crippen LogP contribution in [0.5, 0.6) is 0 Å². The molecule has 11 heteroatoms. The zero-order valence-electron chi connectivity index (χ0n) is 13.1. The van der Waals surface area contributed by atoms with Gasteiger partial charge in [0.2, 0.25) is 10.0 Å². The number of hydrogen-bond donors (Lipinski definition) is 3. The monoisotopic (exact) mass is 648 g/mol. The van der Waals surface area contributed by atoms with Gasteiger partial charge in [-0.05, 0) is 36.4 Å². The molecule has 0 aromatic heterocycles. The van der Waals surface area contributed by atoms with Gasteiger partial charge in [-0.3, -0.25) is 14.1 Å². The van der Waals surface area contributed by atoms with Crippen molar-refractivity contribution in [1.82, 2.24) is 0 Å². The topological polar surface area (TPSA) is 130 Å². The van der Waals surface area contributed by atoms with Crippen LogP contribution < -0.4 is 10.0 Å². The number of nitrogens with one attached hydrogen (secondary N) is 2. The van der Waals surface area contributed by atoms with Crippen LogP contribution in [0.4, 0.5) is 11.4 Å². The van der Waals surface area contributed by atoms with Crippen molar-refractivity contribution >= 4 is 37.4 Å². The van der Waals surface area contributed by atoms with E-state index in [1.54, 1.807) is 0 Å². The van der Waals surface area contributed by atoms with Crippen LogP contribution in [0.1, 0.15) is 10.4 Å². The van der Waals surface area contributed by atoms with Gasteiger partial charge in [0.05, 0.1) is 16.8 Å². The summed E-state index contributed by atoms with van der Waals surface area (Å²) in [5.41, 5.74) is 0.597. The third-order valence-electron chi connectivity index (χ3n) is 2.82. The van der Waals surface area contributed by atoms with Crippen LogP contribution in [-0.2, 0) is 20.1 Å². The molecule has 3 N–H and O–H groups in total. The fourth-order valence-electron chi connectivity index (χ4n) is 1.88. The van der Waals surface area contributed by atoms with Crippen LogP contribution in [0.2, 0.25) is 0 Å². The number of carbonyl (C=O) groups is 1. The molecule has 0 unspecified atom stereocenters. The van der Waals surface area contributed by atoms with E-state index in [4.69, 9.17) is 4.55 Å². The molecule has 2 rings (SSSR count). The average molecular weight is 648 g/mol. The van der Waals surface area contributed by atoms with Crippen LogP contribution in [0.3, 0.4) is 0 Å². The van der Waals surface area contributed by atoms with Gasteiger partial charge >= 0.3 is 0 Å². The number of rotatable bonds is 5. The van der Waals surface area contributed by atoms with Crippen molar-refractivity contribution in [1.29, 1.82) is 0 Å². The number of hydrogen-bond acceptors (Lipinski definition) is 5. The Morgan fingerprint density at radius 3 is 2.16 bits per heavy atom. The summed E-state index contributed by atoms with van der Waals surface area (Å²) in [5.74, 6) is -0.614. The van der Waals surface area contributed by atoms with E-state index in [9.17, 15) is 21.6 Å². The number of benzene rings is 2. The van der Waals surface area contributed by atoms with Crippen molar-refractivity contribution in [3.8, 4) is 0 Å². The Labute approximate surface area is 139 Å². The molecule has 0 saturated heterocycles. The van der Waals surface area contributed by atoms with Crippen LogP contribution in [0.15, 0.2) is 53.4 Å². The molecule has 0 fully saturated rings. The first-order valence-corrected chi connectivity index (χ1v) is 9.84. The molecule has 0 heterocycles. The zero-order chi connectivity index (χ0) is 18.0. The van der Waals surface area contributed by atoms with E-state index in [2.05, 4.69) is 10.0 Å². The van der Waals surface area contributed by atoms with Gasteiger partial charge in [-0.2, -0.15) is 8.42 Å². The van der Waals surface area contributed by atoms with Crippen molar-refractivity contribution in [2.75, 3.05) is 16.3 Å². The molecular formula is C14H14MtN2O6S2. The normalized spacial score (nSPS) is 11.3. The van der Waals surface area contributed by atoms with Crippen LogP contribution in [0.25, 0.3) is 0 Å². The van der Waals surface area contributed by atoms with Crippen molar-refractivity contribution in [2.24, 2.45) is 0 Å². The van der Waals surface area contributed by atoms with E-state index < -0.39 is 30.9 Å². The summed E-state index contributed by atoms with van der Waals surface area (Å²) in [4.78, 5) is 11.8. The maximum absolute atomic E-state index is 12.2. The fraction of sp³-hybridized carbons (Fsp3) is 0.0714. The first kappa shape index (κ1) is 19.6. The minimum atomic E-state index is -4.42. The van der Waals surface area contributed by atoms with Crippen molar-refractivity contribution < 1.29 is 26.2 Å². The molecule has 25 heavy (non-hydrogen) atoms. The maximum Gasteiger partial charge on any atom is 0.294 e. The third-order valence-corrected chi connectivity index (χ3v) is 4.27. The molecule has 0 bridgehead atoms. The van der Waals surface area contributed by atoms with Crippen molar-refractivity contribution in [3.05, 3.63) is 54.1 Å². The van der Waals surface area contributed by atoms with E-state index >= 15 is 0 Å². The molecule has 0 radical (unpaired) electrons. The molecule has 0 saturated carbocycles. The second kappa shape index (κ2) is 6.99. The van der Waals surface area contributed by atoms with Crippen LogP contribution >= 0.6 is 0 Å². The predicted octanol–water partition coefficient (Wildman–Crippen LogP) is 1.56. The van der Waals surface area contributed by atoms with E-state index in [0.717, 1.165) is 18.4 Å². The summed E-state index contributed by atoms with van der Waals surface area (Å²) in [6.45, 7) is 0. The maximum atomic E-state index is 12.2. The Hall–Kier alpha value is -3.43. The SMILES string of the molecule is CS(=O)(=O)Nc1cccc(NC(=O)c2cccc(S(=O)(=O)O)c2)c1.[Mt]. The van der Waals surface area contributed by atoms with Gasteiger partial charge in [0.15, 0.2) is 0 Å². The Balaban J connectivity index is 0.00000312. The van der Waals surface area contributed by atoms with Crippen molar-refractivity contribution in [2.45, 2.75) is 4.90 Å². The quantitative estimate of drug-likeness (QED) is 0.423. The summed E-state index contributed by atoms with van der Waals surface area (Å²) in [7, 11) is -7.87. The number of sulfonamides is 1. The molecule has 8 nitrogen and oxygen atoms in total. The summed E-state index contributed by atoms with van der Waals surface area (Å²) in [6, 6.07) is 10.9. The Morgan fingerprint density at radius 1 is 0.960 bits per heavy atom. The van der Waals surface area contributed by atoms with E-state index in [0.29, 0.717) is 5.69 Å². The standard InChI is InChI=1S/C14H14N2O6S2.Mt/c1-23(18,19)16-12-6-3-5-11(9-12)15-14(17)10-4-2-7-13(8-10)24(20,21)22;/h2-9,16H,1H3,(H,15,17)(H,20,21,22);. The average Bonchev–Trinajstić information content (AvgIpc) is 2.45. The predicted molar refractivity (Wildman–Crippen MR) is 89.1 cm³/mol. The fourth-order valence-corrected chi connectivity index (χ4v) is 2.96. The molecule has 0 spiro atoms. The van der Waals surface area contributed by atoms with Gasteiger partial charge in [-0.15, -0.1) is 0 Å². The van der Waals surface area contributed by atoms with Gasteiger partial charge in [-0.1, -0.05) is 12.1 Å². The summed E-state index contributed by atoms with van der Waals surface area (Å²) in [5, 5.41) is 2.51. The molecule has 130 valence electrons. The zero-order valence-corrected chi connectivity index (χ0v) is 21.3. The number of anilines is 2. The first-order chi connectivity index (χ1) is 11.0. The Bertz CT molecular complexity index is 990. The Morgan fingerprint density at radius 2 is 1.56 bits per heavy atom. The van der Waals surface area contributed by atoms with Gasteiger partial charge in [-0.25, -0.2) is 8.42 Å². The second-order valence-corrected chi connectivity index (χ2v) is 8.08. The van der Waals surface area contributed by atoms with Gasteiger partial charge in [0, 0.05) is 11.3 Å². The molecule has 0 aliphatic heterocycles. The summed E-state index contributed by atoms with van der Waals surface area (Å²) in [6.07, 6.45) is 0.999. The number of amides is 1. The smallest absolute Gasteiger partial charge is 0.294 e. The van der Waals surface area contributed by atoms with E-state index in [1.165, 1.54) is 36.4 Å². The number of carbonyl (C=O) groups excluding carboxylic acids is 1. The molecular weight excluding hydrogens is 634 g/mol. The van der Waals surface area contributed by atoms with Gasteiger partial charge < -0.3 is 5.32 Å². The minimum absolute atomic E-state index is 0. The van der Waals surface area contributed by atoms with Crippen molar-refractivity contribution in [3.63, 3.8) is 0 Å². The van der Waals surface area contributed by atoms with Crippen LogP contribution in [-0.4, -0.2) is 33.6 Å². The first-order valence-electron chi connectivity index (χ1n) is 6.51. The molecule has 0 atom stereocenters. The summed E-state index contributed by atoms with van der Waals surface area (Å²) < 4.78 is 55.9. The molecule has 2 aromatic rings. The van der Waals surface area contributed by atoms with Gasteiger partial charge in [0.1, 0.15) is 0 Å². The van der Waals surface area contributed by atoms with Gasteiger partial charge in [0.25, 0.3) is 16.0 Å². The molecule has 2 aromatic carbocycles. The molecule has 1 amide bonds. The second-order valence-electron chi connectivity index (χ2n) is 4.91. The largest absolute Gasteiger partial charge is 0.322 e. The Kier molecular flexibility index (Phi) is 5.49. The minimum Gasteiger partial charge on any atom is -0.322 e. The van der Waals surface area contributed by atoms with Crippen LogP contribution in [0, 0.1) is 0 Å². The molecule has 0 aliphatic carbocycles. The van der Waals surface area contributed by atoms with E-state index in [-0.39, 0.29) is 11.3 Å².